The maximum atomic E-state index is 10.5. The monoisotopic (exact) mass is 738 g/mol. The summed E-state index contributed by atoms with van der Waals surface area (Å²) in [4.78, 5) is 29.3. The van der Waals surface area contributed by atoms with Crippen molar-refractivity contribution in [3.05, 3.63) is 104 Å². The molecule has 6 aromatic rings. The van der Waals surface area contributed by atoms with E-state index in [4.69, 9.17) is 25.3 Å². The summed E-state index contributed by atoms with van der Waals surface area (Å²) in [5.74, 6) is -2.87. The molecule has 0 aliphatic carbocycles. The molecule has 3 N–H and O–H groups in total. The van der Waals surface area contributed by atoms with Crippen LogP contribution in [0, 0.1) is 69.2 Å². The number of esters is 1. The number of hydrogen-bond donors (Lipinski definition) is 3. The van der Waals surface area contributed by atoms with E-state index in [2.05, 4.69) is 108 Å². The molecule has 2 aromatic carbocycles. The van der Waals surface area contributed by atoms with E-state index < -0.39 is 36.3 Å². The number of carbonyl (C=O) groups is 1. The first kappa shape index (κ1) is 39.1. The summed E-state index contributed by atoms with van der Waals surface area (Å²) in [6.07, 6.45) is 0.945. The first-order valence-electron chi connectivity index (χ1n) is 16.4. The van der Waals surface area contributed by atoms with E-state index in [0.29, 0.717) is 0 Å². The molecule has 0 saturated heterocycles. The Kier molecular flexibility index (Phi) is 11.7. The molecule has 1 radical (unpaired) electrons. The SMILES string of the molecule is Cc1cnc2c(ccc3c(C)c(C)c(C)nc32)c1C.Cc1cnc2c(ccc3c(C)c(C)c(C)nc32)c1C.O=C1OC(C(O)C[O-])C(O)=C1O.[Cu]. The summed E-state index contributed by atoms with van der Waals surface area (Å²) in [6, 6.07) is 8.72. The van der Waals surface area contributed by atoms with Crippen LogP contribution in [0.15, 0.2) is 48.2 Å². The molecule has 0 spiro atoms. The molecule has 5 heterocycles. The number of ether oxygens (including phenoxy) is 1. The van der Waals surface area contributed by atoms with Crippen molar-refractivity contribution in [3.63, 3.8) is 0 Å². The Morgan fingerprint density at radius 3 is 1.35 bits per heavy atom. The molecular weight excluding hydrogens is 696 g/mol. The minimum absolute atomic E-state index is 0. The van der Waals surface area contributed by atoms with Crippen molar-refractivity contribution >= 4 is 49.6 Å². The average molecular weight is 739 g/mol. The van der Waals surface area contributed by atoms with Gasteiger partial charge in [0, 0.05) is 62.4 Å². The van der Waals surface area contributed by atoms with Gasteiger partial charge in [-0.3, -0.25) is 19.9 Å². The van der Waals surface area contributed by atoms with E-state index in [1.165, 1.54) is 66.1 Å². The molecule has 1 aliphatic rings. The van der Waals surface area contributed by atoms with Gasteiger partial charge in [0.2, 0.25) is 5.76 Å². The molecule has 11 heteroatoms. The number of benzene rings is 2. The average Bonchev–Trinajstić information content (AvgIpc) is 3.36. The van der Waals surface area contributed by atoms with Crippen molar-refractivity contribution in [1.82, 2.24) is 19.9 Å². The normalized spacial score (nSPS) is 14.6. The molecule has 1 aliphatic heterocycles. The third kappa shape index (κ3) is 7.12. The minimum Gasteiger partial charge on any atom is -0.853 e. The smallest absolute Gasteiger partial charge is 0.377 e. The van der Waals surface area contributed by atoms with Gasteiger partial charge in [-0.25, -0.2) is 4.79 Å². The fourth-order valence-electron chi connectivity index (χ4n) is 6.06. The van der Waals surface area contributed by atoms with Crippen molar-refractivity contribution < 1.29 is 47.0 Å². The second-order valence-electron chi connectivity index (χ2n) is 13.0. The van der Waals surface area contributed by atoms with Crippen molar-refractivity contribution in [1.29, 1.82) is 0 Å². The number of aromatic nitrogens is 4. The summed E-state index contributed by atoms with van der Waals surface area (Å²) < 4.78 is 4.28. The fraction of sp³-hybridized carbons (Fsp3) is 0.325. The molecule has 271 valence electrons. The molecule has 51 heavy (non-hydrogen) atoms. The molecule has 0 bridgehead atoms. The molecule has 7 rings (SSSR count). The van der Waals surface area contributed by atoms with Crippen LogP contribution in [0.25, 0.3) is 43.6 Å². The van der Waals surface area contributed by atoms with Crippen LogP contribution in [0.1, 0.15) is 55.9 Å². The molecular formula is C40H43CuN4O6-. The van der Waals surface area contributed by atoms with E-state index in [1.54, 1.807) is 0 Å². The van der Waals surface area contributed by atoms with E-state index in [0.717, 1.165) is 33.5 Å². The number of aliphatic hydroxyl groups excluding tert-OH is 3. The number of rotatable bonds is 2. The van der Waals surface area contributed by atoms with Gasteiger partial charge in [0.05, 0.1) is 28.2 Å². The van der Waals surface area contributed by atoms with E-state index >= 15 is 0 Å². The first-order valence-corrected chi connectivity index (χ1v) is 16.4. The number of fused-ring (bicyclic) bond motifs is 6. The number of nitrogens with zero attached hydrogens (tertiary/aromatic N) is 4. The van der Waals surface area contributed by atoms with Crippen LogP contribution in [0.3, 0.4) is 0 Å². The van der Waals surface area contributed by atoms with Crippen LogP contribution in [0.4, 0.5) is 0 Å². The Labute approximate surface area is 307 Å². The summed E-state index contributed by atoms with van der Waals surface area (Å²) in [5, 5.41) is 41.5. The largest absolute Gasteiger partial charge is 0.853 e. The third-order valence-corrected chi connectivity index (χ3v) is 10.1. The van der Waals surface area contributed by atoms with E-state index in [-0.39, 0.29) is 17.1 Å². The maximum Gasteiger partial charge on any atom is 0.377 e. The quantitative estimate of drug-likeness (QED) is 0.100. The molecule has 10 nitrogen and oxygen atoms in total. The van der Waals surface area contributed by atoms with Crippen LogP contribution in [0.2, 0.25) is 0 Å². The van der Waals surface area contributed by atoms with Gasteiger partial charge in [0.15, 0.2) is 11.9 Å². The van der Waals surface area contributed by atoms with E-state index in [9.17, 15) is 9.90 Å². The van der Waals surface area contributed by atoms with Gasteiger partial charge in [0.1, 0.15) is 0 Å². The molecule has 0 amide bonds. The summed E-state index contributed by atoms with van der Waals surface area (Å²) >= 11 is 0. The van der Waals surface area contributed by atoms with Gasteiger partial charge in [-0.2, -0.15) is 0 Å². The van der Waals surface area contributed by atoms with Crippen molar-refractivity contribution in [2.75, 3.05) is 6.61 Å². The van der Waals surface area contributed by atoms with Crippen molar-refractivity contribution in [2.45, 2.75) is 81.4 Å². The van der Waals surface area contributed by atoms with Gasteiger partial charge >= 0.3 is 5.97 Å². The summed E-state index contributed by atoms with van der Waals surface area (Å²) in [5.41, 5.74) is 16.5. The van der Waals surface area contributed by atoms with Crippen LogP contribution in [-0.2, 0) is 26.6 Å². The first-order chi connectivity index (χ1) is 23.6. The molecule has 2 atom stereocenters. The molecule has 4 aromatic heterocycles. The third-order valence-electron chi connectivity index (χ3n) is 10.1. The van der Waals surface area contributed by atoms with Gasteiger partial charge in [-0.1, -0.05) is 24.3 Å². The number of aliphatic hydroxyl groups is 3. The Balaban J connectivity index is 0.000000175. The number of aryl methyl sites for hydroxylation is 8. The number of carbonyl (C=O) groups excluding carboxylic acids is 1. The topological polar surface area (TPSA) is 162 Å². The van der Waals surface area contributed by atoms with Crippen LogP contribution in [-0.4, -0.2) is 60.0 Å². The second kappa shape index (κ2) is 15.3. The number of pyridine rings is 4. The van der Waals surface area contributed by atoms with Crippen LogP contribution in [0.5, 0.6) is 0 Å². The zero-order valence-corrected chi connectivity index (χ0v) is 31.4. The second-order valence-corrected chi connectivity index (χ2v) is 13.0. The molecule has 0 saturated carbocycles. The van der Waals surface area contributed by atoms with Gasteiger partial charge in [-0.15, -0.1) is 6.61 Å². The Hall–Kier alpha value is -4.67. The van der Waals surface area contributed by atoms with Crippen LogP contribution < -0.4 is 5.11 Å². The van der Waals surface area contributed by atoms with Crippen molar-refractivity contribution in [3.8, 4) is 0 Å². The number of cyclic esters (lactones) is 1. The Bertz CT molecular complexity index is 2230. The van der Waals surface area contributed by atoms with Gasteiger partial charge in [-0.05, 0) is 114 Å². The zero-order chi connectivity index (χ0) is 36.8. The van der Waals surface area contributed by atoms with Gasteiger partial charge in [0.25, 0.3) is 0 Å². The van der Waals surface area contributed by atoms with Crippen molar-refractivity contribution in [2.24, 2.45) is 0 Å². The predicted octanol–water partition coefficient (Wildman–Crippen LogP) is 6.61. The fourth-order valence-corrected chi connectivity index (χ4v) is 6.06. The zero-order valence-electron chi connectivity index (χ0n) is 30.5. The molecule has 2 unspecified atom stereocenters. The molecule has 0 fully saturated rings. The Morgan fingerprint density at radius 1 is 0.647 bits per heavy atom. The summed E-state index contributed by atoms with van der Waals surface area (Å²) in [6.45, 7) is 20.3. The predicted molar refractivity (Wildman–Crippen MR) is 194 cm³/mol. The van der Waals surface area contributed by atoms with Crippen LogP contribution >= 0.6 is 0 Å². The number of hydrogen-bond acceptors (Lipinski definition) is 10. The minimum atomic E-state index is -1.53. The Morgan fingerprint density at radius 2 is 1.02 bits per heavy atom. The standard InChI is InChI=1S/2C17H18N2.C6H7O6.Cu/c2*1-9-8-18-16-14(10(9)2)6-7-15-12(4)11(3)13(5)19-17(15)16;7-1-2(8)5-3(9)4(10)6(11)12-5;/h2*6-8H,1-5H3;2,5,8-10H,1H2;/q;;-1;. The summed E-state index contributed by atoms with van der Waals surface area (Å²) in [7, 11) is 0. The maximum absolute atomic E-state index is 10.5. The van der Waals surface area contributed by atoms with E-state index in [1.807, 2.05) is 12.4 Å². The van der Waals surface area contributed by atoms with Gasteiger partial charge < -0.3 is 25.2 Å².